The first kappa shape index (κ1) is 31.0. The number of rotatable bonds is 12. The molecule has 0 spiro atoms. The maximum atomic E-state index is 14.5. The third-order valence-corrected chi connectivity index (χ3v) is 9.89. The van der Waals surface area contributed by atoms with Crippen molar-refractivity contribution in [2.45, 2.75) is 62.6 Å². The quantitative estimate of drug-likeness (QED) is 0.217. The molecule has 1 saturated carbocycles. The lowest BCUT2D eigenvalue weighted by molar-refractivity contribution is -0.140. The number of nitrogens with one attached hydrogen (secondary N) is 1. The van der Waals surface area contributed by atoms with E-state index in [4.69, 9.17) is 0 Å². The fourth-order valence-electron chi connectivity index (χ4n) is 5.66. The molecule has 0 bridgehead atoms. The third-order valence-electron chi connectivity index (χ3n) is 8.10. The molecule has 8 heteroatoms. The van der Waals surface area contributed by atoms with Gasteiger partial charge in [-0.2, -0.15) is 0 Å². The first-order chi connectivity index (χ1) is 21.3. The number of hydrogen-bond acceptors (Lipinski definition) is 4. The second kappa shape index (κ2) is 14.4. The van der Waals surface area contributed by atoms with Crippen molar-refractivity contribution in [1.29, 1.82) is 0 Å². The van der Waals surface area contributed by atoms with Gasteiger partial charge >= 0.3 is 0 Å². The Kier molecular flexibility index (Phi) is 10.1. The highest BCUT2D eigenvalue weighted by atomic mass is 32.2. The number of nitrogens with zero attached hydrogens (tertiary/aromatic N) is 2. The molecule has 1 N–H and O–H groups in total. The molecule has 0 aromatic heterocycles. The van der Waals surface area contributed by atoms with E-state index in [2.05, 4.69) is 5.32 Å². The molecule has 0 radical (unpaired) electrons. The Morgan fingerprint density at radius 3 is 1.91 bits per heavy atom. The molecule has 0 unspecified atom stereocenters. The van der Waals surface area contributed by atoms with E-state index in [1.54, 1.807) is 59.5 Å². The average Bonchev–Trinajstić information content (AvgIpc) is 3.56. The molecule has 1 aliphatic rings. The second-order valence-electron chi connectivity index (χ2n) is 11.4. The van der Waals surface area contributed by atoms with Gasteiger partial charge in [0.05, 0.1) is 10.6 Å². The second-order valence-corrected chi connectivity index (χ2v) is 13.2. The zero-order chi connectivity index (χ0) is 30.9. The zero-order valence-electron chi connectivity index (χ0n) is 25.0. The monoisotopic (exact) mass is 609 g/mol. The lowest BCUT2D eigenvalue weighted by Crippen LogP contribution is -2.54. The number of hydrogen-bond donors (Lipinski definition) is 1. The molecule has 0 aliphatic heterocycles. The number of anilines is 1. The van der Waals surface area contributed by atoms with Crippen LogP contribution in [0.15, 0.2) is 120 Å². The molecule has 7 nitrogen and oxygen atoms in total. The summed E-state index contributed by atoms with van der Waals surface area (Å²) in [6.07, 6.45) is 4.24. The summed E-state index contributed by atoms with van der Waals surface area (Å²) < 4.78 is 29.3. The standard InChI is InChI=1S/C36H39N3O4S/c1-28-21-23-33(24-22-28)44(42,43)39(32-19-9-4-10-20-32)27-35(40)38(26-30-15-7-3-8-16-30)34(25-29-13-5-2-6-14-29)36(41)37-31-17-11-12-18-31/h2-10,13-16,19-24,31,34H,11-12,17-18,25-27H2,1H3,(H,37,41)/t34-/m0/s1. The number of amides is 2. The van der Waals surface area contributed by atoms with E-state index in [-0.39, 0.29) is 23.4 Å². The number of sulfonamides is 1. The molecule has 1 atom stereocenters. The summed E-state index contributed by atoms with van der Waals surface area (Å²) in [6.45, 7) is 1.58. The van der Waals surface area contributed by atoms with Crippen molar-refractivity contribution in [1.82, 2.24) is 10.2 Å². The zero-order valence-corrected chi connectivity index (χ0v) is 25.8. The first-order valence-electron chi connectivity index (χ1n) is 15.1. The van der Waals surface area contributed by atoms with Crippen LogP contribution in [0.3, 0.4) is 0 Å². The Labute approximate surface area is 260 Å². The van der Waals surface area contributed by atoms with Crippen molar-refractivity contribution in [2.24, 2.45) is 0 Å². The molecular formula is C36H39N3O4S. The van der Waals surface area contributed by atoms with Crippen LogP contribution >= 0.6 is 0 Å². The summed E-state index contributed by atoms with van der Waals surface area (Å²) in [5, 5.41) is 3.20. The Hall–Kier alpha value is -4.43. The van der Waals surface area contributed by atoms with Gasteiger partial charge in [-0.1, -0.05) is 109 Å². The van der Waals surface area contributed by atoms with Gasteiger partial charge in [0, 0.05) is 19.0 Å². The van der Waals surface area contributed by atoms with Gasteiger partial charge in [0.25, 0.3) is 10.0 Å². The lowest BCUT2D eigenvalue weighted by atomic mass is 10.0. The van der Waals surface area contributed by atoms with Crippen molar-refractivity contribution in [3.8, 4) is 0 Å². The minimum Gasteiger partial charge on any atom is -0.352 e. The van der Waals surface area contributed by atoms with Crippen LogP contribution in [0.1, 0.15) is 42.4 Å². The van der Waals surface area contributed by atoms with E-state index >= 15 is 0 Å². The van der Waals surface area contributed by atoms with Crippen LogP contribution in [0.25, 0.3) is 0 Å². The molecule has 5 rings (SSSR count). The maximum absolute atomic E-state index is 14.5. The van der Waals surface area contributed by atoms with E-state index in [1.807, 2.05) is 67.6 Å². The van der Waals surface area contributed by atoms with E-state index < -0.39 is 28.5 Å². The average molecular weight is 610 g/mol. The van der Waals surface area contributed by atoms with Gasteiger partial charge in [0.1, 0.15) is 12.6 Å². The van der Waals surface area contributed by atoms with Gasteiger partial charge in [-0.05, 0) is 55.2 Å². The third kappa shape index (κ3) is 7.74. The Bertz CT molecular complexity index is 1620. The summed E-state index contributed by atoms with van der Waals surface area (Å²) in [5.41, 5.74) is 3.06. The molecular weight excluding hydrogens is 570 g/mol. The Balaban J connectivity index is 1.54. The molecule has 0 saturated heterocycles. The highest BCUT2D eigenvalue weighted by Gasteiger charge is 2.35. The summed E-state index contributed by atoms with van der Waals surface area (Å²) in [5.74, 6) is -0.686. The number of benzene rings is 4. The molecule has 44 heavy (non-hydrogen) atoms. The number of carbonyl (C=O) groups is 2. The molecule has 1 fully saturated rings. The van der Waals surface area contributed by atoms with Gasteiger partial charge in [0.15, 0.2) is 0 Å². The van der Waals surface area contributed by atoms with Crippen LogP contribution in [0, 0.1) is 6.92 Å². The van der Waals surface area contributed by atoms with Crippen molar-refractivity contribution < 1.29 is 18.0 Å². The fraction of sp³-hybridized carbons (Fsp3) is 0.278. The van der Waals surface area contributed by atoms with E-state index in [1.165, 1.54) is 0 Å². The van der Waals surface area contributed by atoms with Gasteiger partial charge < -0.3 is 10.2 Å². The molecule has 1 aliphatic carbocycles. The highest BCUT2D eigenvalue weighted by Crippen LogP contribution is 2.26. The van der Waals surface area contributed by atoms with Crippen LogP contribution < -0.4 is 9.62 Å². The van der Waals surface area contributed by atoms with Crippen molar-refractivity contribution >= 4 is 27.5 Å². The molecule has 4 aromatic rings. The van der Waals surface area contributed by atoms with Gasteiger partial charge in [-0.25, -0.2) is 8.42 Å². The maximum Gasteiger partial charge on any atom is 0.264 e. The van der Waals surface area contributed by atoms with Crippen LogP contribution in [-0.4, -0.2) is 43.8 Å². The Morgan fingerprint density at radius 1 is 0.773 bits per heavy atom. The van der Waals surface area contributed by atoms with Crippen molar-refractivity contribution in [3.63, 3.8) is 0 Å². The molecule has 4 aromatic carbocycles. The largest absolute Gasteiger partial charge is 0.352 e. The van der Waals surface area contributed by atoms with Crippen LogP contribution in [0.2, 0.25) is 0 Å². The van der Waals surface area contributed by atoms with E-state index in [0.29, 0.717) is 12.1 Å². The smallest absolute Gasteiger partial charge is 0.264 e. The van der Waals surface area contributed by atoms with E-state index in [0.717, 1.165) is 46.7 Å². The number of para-hydroxylation sites is 1. The van der Waals surface area contributed by atoms with Crippen molar-refractivity contribution in [3.05, 3.63) is 132 Å². The van der Waals surface area contributed by atoms with Crippen molar-refractivity contribution in [2.75, 3.05) is 10.8 Å². The predicted octanol–water partition coefficient (Wildman–Crippen LogP) is 5.89. The highest BCUT2D eigenvalue weighted by molar-refractivity contribution is 7.92. The van der Waals surface area contributed by atoms with Crippen LogP contribution in [0.5, 0.6) is 0 Å². The fourth-order valence-corrected chi connectivity index (χ4v) is 7.08. The Morgan fingerprint density at radius 2 is 1.32 bits per heavy atom. The summed E-state index contributed by atoms with van der Waals surface area (Å²) in [4.78, 5) is 30.1. The minimum atomic E-state index is -4.11. The topological polar surface area (TPSA) is 86.8 Å². The normalized spacial score (nSPS) is 14.1. The van der Waals surface area contributed by atoms with Gasteiger partial charge in [-0.3, -0.25) is 13.9 Å². The molecule has 0 heterocycles. The van der Waals surface area contributed by atoms with Crippen LogP contribution in [-0.2, 0) is 32.6 Å². The predicted molar refractivity (Wildman–Crippen MR) is 173 cm³/mol. The minimum absolute atomic E-state index is 0.0668. The van der Waals surface area contributed by atoms with Gasteiger partial charge in [0.2, 0.25) is 11.8 Å². The van der Waals surface area contributed by atoms with E-state index in [9.17, 15) is 18.0 Å². The summed E-state index contributed by atoms with van der Waals surface area (Å²) >= 11 is 0. The number of aryl methyl sites for hydroxylation is 1. The van der Waals surface area contributed by atoms with Crippen LogP contribution in [0.4, 0.5) is 5.69 Å². The summed E-state index contributed by atoms with van der Waals surface area (Å²) in [7, 11) is -4.11. The molecule has 228 valence electrons. The number of carbonyl (C=O) groups excluding carboxylic acids is 2. The molecule has 2 amide bonds. The summed E-state index contributed by atoms with van der Waals surface area (Å²) in [6, 6.07) is 33.6. The van der Waals surface area contributed by atoms with Gasteiger partial charge in [-0.15, -0.1) is 0 Å². The lowest BCUT2D eigenvalue weighted by Gasteiger charge is -2.34. The SMILES string of the molecule is Cc1ccc(S(=O)(=O)N(CC(=O)N(Cc2ccccc2)[C@@H](Cc2ccccc2)C(=O)NC2CCCC2)c2ccccc2)cc1. The first-order valence-corrected chi connectivity index (χ1v) is 16.6.